The first kappa shape index (κ1) is 20.8. The van der Waals surface area contributed by atoms with Crippen molar-refractivity contribution >= 4 is 5.97 Å². The first-order valence-electron chi connectivity index (χ1n) is 9.82. The van der Waals surface area contributed by atoms with Crippen LogP contribution in [0.1, 0.15) is 56.3 Å². The Balaban J connectivity index is 1.76. The Morgan fingerprint density at radius 2 is 1.86 bits per heavy atom. The van der Waals surface area contributed by atoms with Gasteiger partial charge in [0.15, 0.2) is 11.5 Å². The highest BCUT2D eigenvalue weighted by Gasteiger charge is 2.32. The van der Waals surface area contributed by atoms with Crippen molar-refractivity contribution in [3.63, 3.8) is 0 Å². The average molecular weight is 402 g/mol. The number of unbranched alkanes of at least 4 members (excludes halogenated alkanes) is 3. The number of esters is 1. The van der Waals surface area contributed by atoms with Crippen LogP contribution in [0.15, 0.2) is 30.3 Å². The van der Waals surface area contributed by atoms with E-state index in [1.165, 1.54) is 30.3 Å². The van der Waals surface area contributed by atoms with Crippen molar-refractivity contribution in [1.82, 2.24) is 0 Å². The maximum atomic E-state index is 12.0. The molecule has 156 valence electrons. The number of hydrogen-bond donors (Lipinski definition) is 4. The molecule has 0 saturated carbocycles. The van der Waals surface area contributed by atoms with Crippen molar-refractivity contribution in [3.05, 3.63) is 41.5 Å². The lowest BCUT2D eigenvalue weighted by Crippen LogP contribution is -2.30. The molecule has 1 heterocycles. The maximum Gasteiger partial charge on any atom is 0.311 e. The molecule has 1 aliphatic heterocycles. The van der Waals surface area contributed by atoms with Crippen LogP contribution in [0.4, 0.5) is 0 Å². The largest absolute Gasteiger partial charge is 0.507 e. The molecule has 0 fully saturated rings. The standard InChI is InChI=1S/C22H26O7/c1-2-3-4-5-6-21(27)28-14-10-17(24)15-12-19(26)22(29-20(15)11-14)13-7-8-16(23)18(25)9-13/h7-11,19,22-26H,2-6,12H2,1H3. The number of ether oxygens (including phenoxy) is 2. The Bertz CT molecular complexity index is 878. The summed E-state index contributed by atoms with van der Waals surface area (Å²) < 4.78 is 11.2. The number of hydrogen-bond acceptors (Lipinski definition) is 7. The van der Waals surface area contributed by atoms with Gasteiger partial charge in [0.25, 0.3) is 0 Å². The van der Waals surface area contributed by atoms with Crippen LogP contribution in [0, 0.1) is 0 Å². The van der Waals surface area contributed by atoms with Crippen LogP contribution in [0.3, 0.4) is 0 Å². The summed E-state index contributed by atoms with van der Waals surface area (Å²) in [4.78, 5) is 12.0. The minimum atomic E-state index is -0.968. The van der Waals surface area contributed by atoms with Gasteiger partial charge < -0.3 is 29.9 Å². The first-order valence-corrected chi connectivity index (χ1v) is 9.82. The van der Waals surface area contributed by atoms with E-state index in [0.29, 0.717) is 23.3 Å². The van der Waals surface area contributed by atoms with Crippen LogP contribution in [0.2, 0.25) is 0 Å². The lowest BCUT2D eigenvalue weighted by atomic mass is 9.94. The zero-order valence-corrected chi connectivity index (χ0v) is 16.3. The summed E-state index contributed by atoms with van der Waals surface area (Å²) in [6.45, 7) is 2.10. The molecular formula is C22H26O7. The highest BCUT2D eigenvalue weighted by atomic mass is 16.5. The van der Waals surface area contributed by atoms with Crippen LogP contribution in [-0.4, -0.2) is 32.5 Å². The van der Waals surface area contributed by atoms with Crippen molar-refractivity contribution in [2.45, 2.75) is 57.7 Å². The van der Waals surface area contributed by atoms with Crippen LogP contribution < -0.4 is 9.47 Å². The van der Waals surface area contributed by atoms with E-state index >= 15 is 0 Å². The molecule has 0 aliphatic carbocycles. The summed E-state index contributed by atoms with van der Waals surface area (Å²) in [5.74, 6) is -0.631. The Labute approximate surface area is 169 Å². The van der Waals surface area contributed by atoms with Gasteiger partial charge in [-0.05, 0) is 24.1 Å². The van der Waals surface area contributed by atoms with Gasteiger partial charge in [-0.25, -0.2) is 0 Å². The van der Waals surface area contributed by atoms with Gasteiger partial charge in [0.1, 0.15) is 23.4 Å². The summed E-state index contributed by atoms with van der Waals surface area (Å²) in [5.41, 5.74) is 0.885. The van der Waals surface area contributed by atoms with Crippen molar-refractivity contribution in [2.75, 3.05) is 0 Å². The molecule has 0 saturated heterocycles. The fraction of sp³-hybridized carbons (Fsp3) is 0.409. The van der Waals surface area contributed by atoms with Crippen molar-refractivity contribution in [3.8, 4) is 28.7 Å². The van der Waals surface area contributed by atoms with Gasteiger partial charge >= 0.3 is 5.97 Å². The highest BCUT2D eigenvalue weighted by Crippen LogP contribution is 2.43. The number of rotatable bonds is 7. The first-order chi connectivity index (χ1) is 13.9. The van der Waals surface area contributed by atoms with Crippen LogP contribution in [-0.2, 0) is 11.2 Å². The molecule has 1 aliphatic rings. The molecule has 2 aromatic carbocycles. The molecule has 0 aromatic heterocycles. The Hall–Kier alpha value is -2.93. The number of carbonyl (C=O) groups is 1. The van der Waals surface area contributed by atoms with E-state index in [1.54, 1.807) is 0 Å². The van der Waals surface area contributed by atoms with Gasteiger partial charge in [0.05, 0.1) is 6.10 Å². The molecule has 7 nitrogen and oxygen atoms in total. The second-order valence-electron chi connectivity index (χ2n) is 7.26. The minimum Gasteiger partial charge on any atom is -0.507 e. The quantitative estimate of drug-likeness (QED) is 0.241. The number of carbonyl (C=O) groups excluding carboxylic acids is 1. The predicted molar refractivity (Wildman–Crippen MR) is 105 cm³/mol. The average Bonchev–Trinajstić information content (AvgIpc) is 2.68. The summed E-state index contributed by atoms with van der Waals surface area (Å²) in [6, 6.07) is 7.01. The molecule has 3 rings (SSSR count). The third-order valence-corrected chi connectivity index (χ3v) is 4.97. The van der Waals surface area contributed by atoms with Gasteiger partial charge in [-0.15, -0.1) is 0 Å². The van der Waals surface area contributed by atoms with Crippen molar-refractivity contribution in [1.29, 1.82) is 0 Å². The van der Waals surface area contributed by atoms with E-state index in [-0.39, 0.29) is 35.4 Å². The topological polar surface area (TPSA) is 116 Å². The minimum absolute atomic E-state index is 0.123. The molecule has 0 bridgehead atoms. The molecule has 0 spiro atoms. The van der Waals surface area contributed by atoms with E-state index in [9.17, 15) is 25.2 Å². The smallest absolute Gasteiger partial charge is 0.311 e. The van der Waals surface area contributed by atoms with E-state index in [1.807, 2.05) is 0 Å². The van der Waals surface area contributed by atoms with E-state index in [0.717, 1.165) is 25.7 Å². The van der Waals surface area contributed by atoms with Crippen LogP contribution >= 0.6 is 0 Å². The normalized spacial score (nSPS) is 18.0. The Morgan fingerprint density at radius 1 is 1.07 bits per heavy atom. The number of aromatic hydroxyl groups is 3. The van der Waals surface area contributed by atoms with Gasteiger partial charge in [0.2, 0.25) is 0 Å². The third kappa shape index (κ3) is 4.92. The predicted octanol–water partition coefficient (Wildman–Crippen LogP) is 3.72. The zero-order chi connectivity index (χ0) is 21.0. The lowest BCUT2D eigenvalue weighted by molar-refractivity contribution is -0.134. The molecule has 0 radical (unpaired) electrons. The molecule has 0 amide bonds. The van der Waals surface area contributed by atoms with Gasteiger partial charge in [-0.3, -0.25) is 4.79 Å². The number of phenols is 3. The number of aliphatic hydroxyl groups excluding tert-OH is 1. The molecular weight excluding hydrogens is 376 g/mol. The fourth-order valence-electron chi connectivity index (χ4n) is 3.39. The molecule has 2 atom stereocenters. The van der Waals surface area contributed by atoms with E-state index in [2.05, 4.69) is 6.92 Å². The SMILES string of the molecule is CCCCCCC(=O)Oc1cc(O)c2c(c1)OC(c1ccc(O)c(O)c1)C(O)C2. The lowest BCUT2D eigenvalue weighted by Gasteiger charge is -2.31. The monoisotopic (exact) mass is 402 g/mol. The summed E-state index contributed by atoms with van der Waals surface area (Å²) in [5, 5.41) is 39.9. The van der Waals surface area contributed by atoms with Crippen LogP contribution in [0.5, 0.6) is 28.7 Å². The molecule has 4 N–H and O–H groups in total. The zero-order valence-electron chi connectivity index (χ0n) is 16.3. The highest BCUT2D eigenvalue weighted by molar-refractivity contribution is 5.73. The summed E-state index contributed by atoms with van der Waals surface area (Å²) >= 11 is 0. The summed E-state index contributed by atoms with van der Waals surface area (Å²) in [6.07, 6.45) is 2.50. The van der Waals surface area contributed by atoms with Crippen LogP contribution in [0.25, 0.3) is 0 Å². The molecule has 2 aromatic rings. The molecule has 29 heavy (non-hydrogen) atoms. The Morgan fingerprint density at radius 3 is 2.59 bits per heavy atom. The van der Waals surface area contributed by atoms with Crippen molar-refractivity contribution in [2.24, 2.45) is 0 Å². The number of aliphatic hydroxyl groups is 1. The fourth-order valence-corrected chi connectivity index (χ4v) is 3.39. The van der Waals surface area contributed by atoms with E-state index in [4.69, 9.17) is 9.47 Å². The molecule has 7 heteroatoms. The van der Waals surface area contributed by atoms with E-state index < -0.39 is 12.2 Å². The maximum absolute atomic E-state index is 12.0. The Kier molecular flexibility index (Phi) is 6.49. The third-order valence-electron chi connectivity index (χ3n) is 4.97. The van der Waals surface area contributed by atoms with Gasteiger partial charge in [-0.1, -0.05) is 32.3 Å². The number of fused-ring (bicyclic) bond motifs is 1. The second kappa shape index (κ2) is 9.05. The van der Waals surface area contributed by atoms with Gasteiger partial charge in [-0.2, -0.15) is 0 Å². The second-order valence-corrected chi connectivity index (χ2v) is 7.26. The number of benzene rings is 2. The van der Waals surface area contributed by atoms with Crippen molar-refractivity contribution < 1.29 is 34.7 Å². The summed E-state index contributed by atoms with van der Waals surface area (Å²) in [7, 11) is 0. The number of phenolic OH excluding ortho intramolecular Hbond substituents is 3. The molecule has 2 unspecified atom stereocenters. The van der Waals surface area contributed by atoms with Gasteiger partial charge in [0, 0.05) is 30.5 Å².